The van der Waals surface area contributed by atoms with Gasteiger partial charge in [0.15, 0.2) is 11.5 Å². The smallest absolute Gasteiger partial charge is 0.254 e. The zero-order chi connectivity index (χ0) is 19.8. The van der Waals surface area contributed by atoms with Crippen molar-refractivity contribution in [3.05, 3.63) is 47.5 Å². The van der Waals surface area contributed by atoms with E-state index in [0.717, 1.165) is 53.5 Å². The van der Waals surface area contributed by atoms with Crippen LogP contribution in [0.25, 0.3) is 0 Å². The second-order valence-corrected chi connectivity index (χ2v) is 8.48. The lowest BCUT2D eigenvalue weighted by Gasteiger charge is -2.26. The SMILES string of the molecule is O=C1CSc2ccc(C(=O)N3CCC[C@@H]3c3ccc4c(c3)OCCCO4)cc2N1. The Bertz CT molecular complexity index is 977. The largest absolute Gasteiger partial charge is 0.490 e. The summed E-state index contributed by atoms with van der Waals surface area (Å²) in [5.74, 6) is 1.90. The van der Waals surface area contributed by atoms with E-state index in [1.54, 1.807) is 6.07 Å². The molecule has 3 heterocycles. The third-order valence-electron chi connectivity index (χ3n) is 5.53. The molecule has 0 spiro atoms. The number of hydrogen-bond acceptors (Lipinski definition) is 5. The van der Waals surface area contributed by atoms with E-state index in [4.69, 9.17) is 9.47 Å². The molecule has 5 rings (SSSR count). The third-order valence-corrected chi connectivity index (χ3v) is 6.60. The van der Waals surface area contributed by atoms with Crippen LogP contribution in [0, 0.1) is 0 Å². The van der Waals surface area contributed by atoms with Crippen LogP contribution in [-0.4, -0.2) is 42.2 Å². The Kier molecular flexibility index (Phi) is 4.83. The van der Waals surface area contributed by atoms with Gasteiger partial charge in [0.2, 0.25) is 5.91 Å². The van der Waals surface area contributed by atoms with Crippen LogP contribution in [0.1, 0.15) is 41.2 Å². The summed E-state index contributed by atoms with van der Waals surface area (Å²) in [5.41, 5.74) is 2.40. The molecule has 29 heavy (non-hydrogen) atoms. The Morgan fingerprint density at radius 2 is 1.93 bits per heavy atom. The van der Waals surface area contributed by atoms with E-state index < -0.39 is 0 Å². The molecule has 1 fully saturated rings. The van der Waals surface area contributed by atoms with Crippen LogP contribution in [0.4, 0.5) is 5.69 Å². The van der Waals surface area contributed by atoms with Crippen molar-refractivity contribution >= 4 is 29.3 Å². The molecule has 0 aromatic heterocycles. The molecule has 1 atom stereocenters. The highest BCUT2D eigenvalue weighted by Gasteiger charge is 2.32. The molecule has 0 unspecified atom stereocenters. The number of thioether (sulfide) groups is 1. The monoisotopic (exact) mass is 410 g/mol. The maximum atomic E-state index is 13.3. The van der Waals surface area contributed by atoms with Gasteiger partial charge < -0.3 is 19.7 Å². The molecule has 150 valence electrons. The molecule has 1 N–H and O–H groups in total. The summed E-state index contributed by atoms with van der Waals surface area (Å²) in [5, 5.41) is 2.87. The number of carbonyl (C=O) groups excluding carboxylic acids is 2. The van der Waals surface area contributed by atoms with E-state index in [1.807, 2.05) is 35.2 Å². The van der Waals surface area contributed by atoms with Crippen LogP contribution >= 0.6 is 11.8 Å². The van der Waals surface area contributed by atoms with Crippen molar-refractivity contribution in [3.8, 4) is 11.5 Å². The molecule has 2 aromatic carbocycles. The van der Waals surface area contributed by atoms with E-state index in [2.05, 4.69) is 5.32 Å². The first-order chi connectivity index (χ1) is 14.2. The van der Waals surface area contributed by atoms with Gasteiger partial charge in [-0.05, 0) is 48.7 Å². The first kappa shape index (κ1) is 18.4. The fraction of sp³-hybridized carbons (Fsp3) is 0.364. The first-order valence-electron chi connectivity index (χ1n) is 9.96. The van der Waals surface area contributed by atoms with Gasteiger partial charge in [-0.25, -0.2) is 0 Å². The summed E-state index contributed by atoms with van der Waals surface area (Å²) >= 11 is 1.50. The number of anilines is 1. The predicted octanol–water partition coefficient (Wildman–Crippen LogP) is 3.87. The molecule has 0 aliphatic carbocycles. The number of benzene rings is 2. The lowest BCUT2D eigenvalue weighted by Crippen LogP contribution is -2.31. The number of carbonyl (C=O) groups is 2. The molecule has 0 radical (unpaired) electrons. The first-order valence-corrected chi connectivity index (χ1v) is 10.9. The van der Waals surface area contributed by atoms with Crippen molar-refractivity contribution in [2.24, 2.45) is 0 Å². The molecule has 2 aromatic rings. The second-order valence-electron chi connectivity index (χ2n) is 7.46. The van der Waals surface area contributed by atoms with Gasteiger partial charge in [0, 0.05) is 23.4 Å². The van der Waals surface area contributed by atoms with E-state index in [1.165, 1.54) is 11.8 Å². The molecular weight excluding hydrogens is 388 g/mol. The standard InChI is InChI=1S/C22H22N2O4S/c25-21-13-29-20-7-5-15(11-16(20)23-21)22(26)24-8-1-3-17(24)14-4-6-18-19(12-14)28-10-2-9-27-18/h4-7,11-12,17H,1-3,8-10,13H2,(H,23,25)/t17-/m1/s1. The van der Waals surface area contributed by atoms with Crippen LogP contribution in [0.3, 0.4) is 0 Å². The van der Waals surface area contributed by atoms with E-state index in [0.29, 0.717) is 24.5 Å². The molecule has 3 aliphatic heterocycles. The molecule has 2 amide bonds. The van der Waals surface area contributed by atoms with Crippen molar-refractivity contribution in [2.45, 2.75) is 30.2 Å². The summed E-state index contributed by atoms with van der Waals surface area (Å²) in [6, 6.07) is 11.6. The lowest BCUT2D eigenvalue weighted by atomic mass is 10.0. The minimum Gasteiger partial charge on any atom is -0.490 e. The fourth-order valence-electron chi connectivity index (χ4n) is 4.13. The van der Waals surface area contributed by atoms with Crippen molar-refractivity contribution < 1.29 is 19.1 Å². The number of nitrogens with zero attached hydrogens (tertiary/aromatic N) is 1. The van der Waals surface area contributed by atoms with Crippen LogP contribution in [-0.2, 0) is 4.79 Å². The van der Waals surface area contributed by atoms with Gasteiger partial charge >= 0.3 is 0 Å². The summed E-state index contributed by atoms with van der Waals surface area (Å²) in [7, 11) is 0. The highest BCUT2D eigenvalue weighted by Crippen LogP contribution is 2.39. The summed E-state index contributed by atoms with van der Waals surface area (Å²) in [6.07, 6.45) is 2.75. The summed E-state index contributed by atoms with van der Waals surface area (Å²) < 4.78 is 11.6. The quantitative estimate of drug-likeness (QED) is 0.814. The number of hydrogen-bond donors (Lipinski definition) is 1. The van der Waals surface area contributed by atoms with E-state index in [-0.39, 0.29) is 17.9 Å². The maximum absolute atomic E-state index is 13.3. The van der Waals surface area contributed by atoms with Crippen molar-refractivity contribution in [1.82, 2.24) is 4.90 Å². The number of likely N-dealkylation sites (tertiary alicyclic amines) is 1. The Morgan fingerprint density at radius 1 is 1.07 bits per heavy atom. The molecule has 3 aliphatic rings. The van der Waals surface area contributed by atoms with Crippen molar-refractivity contribution in [1.29, 1.82) is 0 Å². The normalized spacial score (nSPS) is 20.6. The number of amides is 2. The number of fused-ring (bicyclic) bond motifs is 2. The number of nitrogens with one attached hydrogen (secondary N) is 1. The van der Waals surface area contributed by atoms with Crippen LogP contribution in [0.5, 0.6) is 11.5 Å². The lowest BCUT2D eigenvalue weighted by molar-refractivity contribution is -0.113. The highest BCUT2D eigenvalue weighted by atomic mass is 32.2. The molecular formula is C22H22N2O4S. The average Bonchev–Trinajstić information content (AvgIpc) is 3.11. The number of ether oxygens (including phenoxy) is 2. The molecule has 0 saturated carbocycles. The van der Waals surface area contributed by atoms with E-state index >= 15 is 0 Å². The zero-order valence-electron chi connectivity index (χ0n) is 16.0. The molecule has 1 saturated heterocycles. The van der Waals surface area contributed by atoms with Gasteiger partial charge in [-0.3, -0.25) is 9.59 Å². The third kappa shape index (κ3) is 3.55. The second kappa shape index (κ2) is 7.63. The van der Waals surface area contributed by atoms with Gasteiger partial charge in [0.25, 0.3) is 5.91 Å². The number of rotatable bonds is 2. The molecule has 7 heteroatoms. The van der Waals surface area contributed by atoms with Crippen LogP contribution < -0.4 is 14.8 Å². The van der Waals surface area contributed by atoms with Gasteiger partial charge in [-0.1, -0.05) is 6.07 Å². The van der Waals surface area contributed by atoms with E-state index in [9.17, 15) is 9.59 Å². The Hall–Kier alpha value is -2.67. The Labute approximate surface area is 173 Å². The van der Waals surface area contributed by atoms with Crippen molar-refractivity contribution in [3.63, 3.8) is 0 Å². The minimum absolute atomic E-state index is 0.00719. The summed E-state index contributed by atoms with van der Waals surface area (Å²) in [6.45, 7) is 2.02. The van der Waals surface area contributed by atoms with Gasteiger partial charge in [-0.2, -0.15) is 0 Å². The zero-order valence-corrected chi connectivity index (χ0v) is 16.8. The fourth-order valence-corrected chi connectivity index (χ4v) is 4.91. The maximum Gasteiger partial charge on any atom is 0.254 e. The highest BCUT2D eigenvalue weighted by molar-refractivity contribution is 8.00. The Morgan fingerprint density at radius 3 is 2.83 bits per heavy atom. The average molecular weight is 410 g/mol. The topological polar surface area (TPSA) is 67.9 Å². The van der Waals surface area contributed by atoms with Crippen LogP contribution in [0.15, 0.2) is 41.3 Å². The van der Waals surface area contributed by atoms with Gasteiger partial charge in [0.1, 0.15) is 0 Å². The predicted molar refractivity (Wildman–Crippen MR) is 111 cm³/mol. The minimum atomic E-state index is -0.0293. The Balaban J connectivity index is 1.41. The van der Waals surface area contributed by atoms with Gasteiger partial charge in [0.05, 0.1) is 30.7 Å². The molecule has 6 nitrogen and oxygen atoms in total. The van der Waals surface area contributed by atoms with Gasteiger partial charge in [-0.15, -0.1) is 11.8 Å². The molecule has 0 bridgehead atoms. The van der Waals surface area contributed by atoms with Crippen molar-refractivity contribution in [2.75, 3.05) is 30.8 Å². The van der Waals surface area contributed by atoms with Crippen LogP contribution in [0.2, 0.25) is 0 Å². The summed E-state index contributed by atoms with van der Waals surface area (Å²) in [4.78, 5) is 27.9.